The van der Waals surface area contributed by atoms with Crippen LogP contribution in [-0.2, 0) is 0 Å². The lowest BCUT2D eigenvalue weighted by atomic mass is 10.1. The van der Waals surface area contributed by atoms with Crippen LogP contribution in [0.4, 0.5) is 0 Å². The van der Waals surface area contributed by atoms with Crippen LogP contribution in [0.2, 0.25) is 0 Å². The second kappa shape index (κ2) is 4.59. The lowest BCUT2D eigenvalue weighted by Crippen LogP contribution is -2.04. The maximum absolute atomic E-state index is 10.9. The summed E-state index contributed by atoms with van der Waals surface area (Å²) in [6, 6.07) is 3.03. The SMILES string of the molecule is CC=C(C)c1nc(OC)ccc1C(=O)O. The van der Waals surface area contributed by atoms with Gasteiger partial charge in [0, 0.05) is 6.07 Å². The molecule has 0 unspecified atom stereocenters. The summed E-state index contributed by atoms with van der Waals surface area (Å²) < 4.78 is 4.95. The van der Waals surface area contributed by atoms with Gasteiger partial charge in [-0.3, -0.25) is 0 Å². The zero-order chi connectivity index (χ0) is 11.4. The minimum atomic E-state index is -0.985. The molecule has 0 saturated carbocycles. The quantitative estimate of drug-likeness (QED) is 0.825. The van der Waals surface area contributed by atoms with E-state index in [0.717, 1.165) is 5.57 Å². The van der Waals surface area contributed by atoms with Gasteiger partial charge >= 0.3 is 5.97 Å². The predicted octanol–water partition coefficient (Wildman–Crippen LogP) is 2.21. The van der Waals surface area contributed by atoms with Gasteiger partial charge in [0.05, 0.1) is 18.4 Å². The standard InChI is InChI=1S/C11H13NO3/c1-4-7(2)10-8(11(13)14)5-6-9(12-10)15-3/h4-6H,1-3H3,(H,13,14). The van der Waals surface area contributed by atoms with Crippen molar-refractivity contribution < 1.29 is 14.6 Å². The summed E-state index contributed by atoms with van der Waals surface area (Å²) in [6.45, 7) is 3.65. The minimum Gasteiger partial charge on any atom is -0.481 e. The van der Waals surface area contributed by atoms with E-state index in [0.29, 0.717) is 11.6 Å². The smallest absolute Gasteiger partial charge is 0.337 e. The molecule has 0 saturated heterocycles. The molecule has 0 radical (unpaired) electrons. The van der Waals surface area contributed by atoms with E-state index in [9.17, 15) is 4.79 Å². The fourth-order valence-corrected chi connectivity index (χ4v) is 1.16. The van der Waals surface area contributed by atoms with Gasteiger partial charge in [-0.2, -0.15) is 0 Å². The lowest BCUT2D eigenvalue weighted by Gasteiger charge is -2.07. The second-order valence-electron chi connectivity index (χ2n) is 3.03. The van der Waals surface area contributed by atoms with E-state index in [1.54, 1.807) is 0 Å². The number of carboxylic acids is 1. The van der Waals surface area contributed by atoms with Gasteiger partial charge in [0.1, 0.15) is 0 Å². The number of allylic oxidation sites excluding steroid dienone is 2. The Morgan fingerprint density at radius 1 is 1.53 bits per heavy atom. The van der Waals surface area contributed by atoms with Crippen molar-refractivity contribution in [2.75, 3.05) is 7.11 Å². The minimum absolute atomic E-state index is 0.186. The van der Waals surface area contributed by atoms with Crippen LogP contribution < -0.4 is 4.74 Å². The molecule has 1 N–H and O–H groups in total. The molecule has 1 aromatic heterocycles. The van der Waals surface area contributed by atoms with Gasteiger partial charge in [-0.1, -0.05) is 6.08 Å². The molecule has 0 aromatic carbocycles. The number of hydrogen-bond donors (Lipinski definition) is 1. The zero-order valence-corrected chi connectivity index (χ0v) is 8.94. The molecule has 80 valence electrons. The van der Waals surface area contributed by atoms with Crippen LogP contribution >= 0.6 is 0 Å². The molecule has 4 nitrogen and oxygen atoms in total. The Morgan fingerprint density at radius 3 is 2.67 bits per heavy atom. The normalized spacial score (nSPS) is 11.3. The van der Waals surface area contributed by atoms with E-state index in [1.165, 1.54) is 19.2 Å². The summed E-state index contributed by atoms with van der Waals surface area (Å²) in [4.78, 5) is 15.0. The molecule has 0 aliphatic heterocycles. The Bertz CT molecular complexity index is 410. The van der Waals surface area contributed by atoms with Gasteiger partial charge in [-0.05, 0) is 25.5 Å². The zero-order valence-electron chi connectivity index (χ0n) is 8.94. The molecule has 1 aromatic rings. The van der Waals surface area contributed by atoms with Crippen molar-refractivity contribution in [2.45, 2.75) is 13.8 Å². The molecule has 15 heavy (non-hydrogen) atoms. The van der Waals surface area contributed by atoms with Crippen LogP contribution in [0.15, 0.2) is 18.2 Å². The molecular formula is C11H13NO3. The van der Waals surface area contributed by atoms with Crippen molar-refractivity contribution in [1.82, 2.24) is 4.98 Å². The molecule has 0 fully saturated rings. The van der Waals surface area contributed by atoms with Crippen LogP contribution in [0.25, 0.3) is 5.57 Å². The van der Waals surface area contributed by atoms with Crippen molar-refractivity contribution in [1.29, 1.82) is 0 Å². The molecule has 4 heteroatoms. The second-order valence-corrected chi connectivity index (χ2v) is 3.03. The number of pyridine rings is 1. The Labute approximate surface area is 88.2 Å². The fraction of sp³-hybridized carbons (Fsp3) is 0.273. The van der Waals surface area contributed by atoms with E-state index < -0.39 is 5.97 Å². The van der Waals surface area contributed by atoms with Crippen molar-refractivity contribution in [2.24, 2.45) is 0 Å². The largest absolute Gasteiger partial charge is 0.481 e. The Kier molecular flexibility index (Phi) is 3.44. The average molecular weight is 207 g/mol. The average Bonchev–Trinajstić information content (AvgIpc) is 2.26. The number of aromatic carboxylic acids is 1. The maximum Gasteiger partial charge on any atom is 0.337 e. The lowest BCUT2D eigenvalue weighted by molar-refractivity contribution is 0.0696. The van der Waals surface area contributed by atoms with Gasteiger partial charge in [0.2, 0.25) is 5.88 Å². The first-order valence-electron chi connectivity index (χ1n) is 4.51. The van der Waals surface area contributed by atoms with Crippen LogP contribution in [0.1, 0.15) is 29.9 Å². The number of carbonyl (C=O) groups is 1. The van der Waals surface area contributed by atoms with Crippen molar-refractivity contribution >= 4 is 11.5 Å². The summed E-state index contributed by atoms with van der Waals surface area (Å²) in [5, 5.41) is 8.97. The molecule has 0 aliphatic carbocycles. The first-order chi connectivity index (χ1) is 7.10. The summed E-state index contributed by atoms with van der Waals surface area (Å²) in [5.41, 5.74) is 1.45. The molecule has 1 heterocycles. The summed E-state index contributed by atoms with van der Waals surface area (Å²) in [7, 11) is 1.50. The predicted molar refractivity (Wildman–Crippen MR) is 57.1 cm³/mol. The van der Waals surface area contributed by atoms with E-state index in [2.05, 4.69) is 4.98 Å². The maximum atomic E-state index is 10.9. The summed E-state index contributed by atoms with van der Waals surface area (Å²) >= 11 is 0. The Morgan fingerprint density at radius 2 is 2.20 bits per heavy atom. The number of hydrogen-bond acceptors (Lipinski definition) is 3. The monoisotopic (exact) mass is 207 g/mol. The van der Waals surface area contributed by atoms with Crippen LogP contribution in [0.3, 0.4) is 0 Å². The molecule has 1 rings (SSSR count). The van der Waals surface area contributed by atoms with Crippen LogP contribution in [0, 0.1) is 0 Å². The Hall–Kier alpha value is -1.84. The number of nitrogens with zero attached hydrogens (tertiary/aromatic N) is 1. The number of rotatable bonds is 3. The third kappa shape index (κ3) is 2.34. The van der Waals surface area contributed by atoms with Crippen molar-refractivity contribution in [3.8, 4) is 5.88 Å². The van der Waals surface area contributed by atoms with Crippen molar-refractivity contribution in [3.05, 3.63) is 29.5 Å². The molecule has 0 spiro atoms. The van der Waals surface area contributed by atoms with Crippen LogP contribution in [0.5, 0.6) is 5.88 Å². The first kappa shape index (κ1) is 11.2. The molecule has 0 bridgehead atoms. The highest BCUT2D eigenvalue weighted by Gasteiger charge is 2.13. The van der Waals surface area contributed by atoms with E-state index in [4.69, 9.17) is 9.84 Å². The fourth-order valence-electron chi connectivity index (χ4n) is 1.16. The van der Waals surface area contributed by atoms with E-state index in [-0.39, 0.29) is 5.56 Å². The summed E-state index contributed by atoms with van der Waals surface area (Å²) in [6.07, 6.45) is 1.81. The third-order valence-corrected chi connectivity index (χ3v) is 2.12. The summed E-state index contributed by atoms with van der Waals surface area (Å²) in [5.74, 6) is -0.572. The number of carboxylic acid groups (broad SMARTS) is 1. The van der Waals surface area contributed by atoms with Gasteiger partial charge in [0.25, 0.3) is 0 Å². The number of aromatic nitrogens is 1. The third-order valence-electron chi connectivity index (χ3n) is 2.12. The highest BCUT2D eigenvalue weighted by atomic mass is 16.5. The first-order valence-corrected chi connectivity index (χ1v) is 4.51. The van der Waals surface area contributed by atoms with E-state index in [1.807, 2.05) is 19.9 Å². The molecule has 0 atom stereocenters. The van der Waals surface area contributed by atoms with Gasteiger partial charge < -0.3 is 9.84 Å². The highest BCUT2D eigenvalue weighted by Crippen LogP contribution is 2.20. The number of ether oxygens (including phenoxy) is 1. The van der Waals surface area contributed by atoms with Gasteiger partial charge in [-0.15, -0.1) is 0 Å². The topological polar surface area (TPSA) is 59.4 Å². The molecule has 0 aliphatic rings. The van der Waals surface area contributed by atoms with Gasteiger partial charge in [0.15, 0.2) is 0 Å². The molecular weight excluding hydrogens is 194 g/mol. The van der Waals surface area contributed by atoms with Gasteiger partial charge in [-0.25, -0.2) is 9.78 Å². The van der Waals surface area contributed by atoms with E-state index >= 15 is 0 Å². The van der Waals surface area contributed by atoms with Crippen molar-refractivity contribution in [3.63, 3.8) is 0 Å². The Balaban J connectivity index is 3.35. The highest BCUT2D eigenvalue weighted by molar-refractivity contribution is 5.93. The number of methoxy groups -OCH3 is 1. The molecule has 0 amide bonds. The van der Waals surface area contributed by atoms with Crippen LogP contribution in [-0.4, -0.2) is 23.2 Å².